The van der Waals surface area contributed by atoms with E-state index in [-0.39, 0.29) is 18.3 Å². The number of rotatable bonds is 7. The van der Waals surface area contributed by atoms with Crippen molar-refractivity contribution in [3.8, 4) is 0 Å². The summed E-state index contributed by atoms with van der Waals surface area (Å²) in [5.41, 5.74) is 0. The van der Waals surface area contributed by atoms with E-state index >= 15 is 0 Å². The summed E-state index contributed by atoms with van der Waals surface area (Å²) in [5.74, 6) is 1.49. The molecule has 1 fully saturated rings. The number of carbonyl (C=O) groups excluding carboxylic acids is 1. The fourth-order valence-electron chi connectivity index (χ4n) is 2.58. The molecule has 1 aliphatic heterocycles. The molecule has 1 N–H and O–H groups in total. The summed E-state index contributed by atoms with van der Waals surface area (Å²) >= 11 is 0. The van der Waals surface area contributed by atoms with Crippen molar-refractivity contribution in [2.24, 2.45) is 11.8 Å². The monoisotopic (exact) mass is 292 g/mol. The van der Waals surface area contributed by atoms with Crippen LogP contribution in [0.25, 0.3) is 0 Å². The van der Waals surface area contributed by atoms with Gasteiger partial charge < -0.3 is 15.0 Å². The molecule has 1 heterocycles. The molecule has 1 saturated heterocycles. The summed E-state index contributed by atoms with van der Waals surface area (Å²) in [4.78, 5) is 13.9. The zero-order chi connectivity index (χ0) is 13.4. The van der Waals surface area contributed by atoms with Gasteiger partial charge >= 0.3 is 0 Å². The van der Waals surface area contributed by atoms with E-state index in [0.29, 0.717) is 18.3 Å². The second-order valence-electron chi connectivity index (χ2n) is 5.43. The van der Waals surface area contributed by atoms with Crippen LogP contribution in [0.5, 0.6) is 0 Å². The largest absolute Gasteiger partial charge is 0.385 e. The van der Waals surface area contributed by atoms with E-state index in [2.05, 4.69) is 12.2 Å². The molecule has 0 aromatic rings. The zero-order valence-corrected chi connectivity index (χ0v) is 13.3. The lowest BCUT2D eigenvalue weighted by Gasteiger charge is -2.29. The van der Waals surface area contributed by atoms with Gasteiger partial charge in [0.25, 0.3) is 0 Å². The van der Waals surface area contributed by atoms with Gasteiger partial charge in [0.15, 0.2) is 0 Å². The number of ether oxygens (including phenoxy) is 1. The van der Waals surface area contributed by atoms with Crippen molar-refractivity contribution in [1.29, 1.82) is 0 Å². The summed E-state index contributed by atoms with van der Waals surface area (Å²) in [6.07, 6.45) is 4.03. The maximum atomic E-state index is 12.1. The van der Waals surface area contributed by atoms with Crippen molar-refractivity contribution in [3.63, 3.8) is 0 Å². The predicted molar refractivity (Wildman–Crippen MR) is 80.8 cm³/mol. The number of piperidine rings is 1. The lowest BCUT2D eigenvalue weighted by Crippen LogP contribution is -2.34. The van der Waals surface area contributed by atoms with E-state index in [4.69, 9.17) is 4.74 Å². The molecule has 0 aromatic carbocycles. The molecule has 4 nitrogen and oxygen atoms in total. The third-order valence-corrected chi connectivity index (χ3v) is 3.95. The summed E-state index contributed by atoms with van der Waals surface area (Å²) in [6, 6.07) is 0. The minimum absolute atomic E-state index is 0. The normalized spacial score (nSPS) is 17.6. The summed E-state index contributed by atoms with van der Waals surface area (Å²) in [5, 5.41) is 3.37. The van der Waals surface area contributed by atoms with Crippen LogP contribution in [0.15, 0.2) is 0 Å². The van der Waals surface area contributed by atoms with E-state index < -0.39 is 0 Å². The van der Waals surface area contributed by atoms with Gasteiger partial charge in [-0.05, 0) is 44.2 Å². The lowest BCUT2D eigenvalue weighted by atomic mass is 9.84. The van der Waals surface area contributed by atoms with Crippen LogP contribution < -0.4 is 5.32 Å². The van der Waals surface area contributed by atoms with E-state index in [1.54, 1.807) is 7.11 Å². The second kappa shape index (κ2) is 10.5. The number of hydrogen-bond acceptors (Lipinski definition) is 3. The molecule has 0 aromatic heterocycles. The van der Waals surface area contributed by atoms with Gasteiger partial charge in [-0.3, -0.25) is 4.79 Å². The minimum Gasteiger partial charge on any atom is -0.385 e. The molecule has 0 spiro atoms. The first kappa shape index (κ1) is 18.7. The average Bonchev–Trinajstić information content (AvgIpc) is 2.39. The fourth-order valence-corrected chi connectivity index (χ4v) is 2.58. The molecule has 1 aliphatic rings. The topological polar surface area (TPSA) is 41.6 Å². The number of carbonyl (C=O) groups is 1. The van der Waals surface area contributed by atoms with Crippen molar-refractivity contribution in [3.05, 3.63) is 0 Å². The summed E-state index contributed by atoms with van der Waals surface area (Å²) in [6.45, 7) is 5.95. The highest BCUT2D eigenvalue weighted by atomic mass is 35.5. The van der Waals surface area contributed by atoms with E-state index in [0.717, 1.165) is 32.7 Å². The molecule has 1 amide bonds. The Morgan fingerprint density at radius 1 is 1.42 bits per heavy atom. The highest BCUT2D eigenvalue weighted by molar-refractivity contribution is 5.85. The first-order valence-electron chi connectivity index (χ1n) is 7.08. The van der Waals surface area contributed by atoms with Crippen LogP contribution in [0.3, 0.4) is 0 Å². The number of nitrogens with zero attached hydrogens (tertiary/aromatic N) is 1. The van der Waals surface area contributed by atoms with Gasteiger partial charge in [0.2, 0.25) is 5.91 Å². The Balaban J connectivity index is 0.00000324. The lowest BCUT2D eigenvalue weighted by molar-refractivity contribution is -0.131. The van der Waals surface area contributed by atoms with Gasteiger partial charge in [-0.1, -0.05) is 6.92 Å². The van der Waals surface area contributed by atoms with Crippen molar-refractivity contribution < 1.29 is 9.53 Å². The first-order valence-corrected chi connectivity index (χ1v) is 7.08. The summed E-state index contributed by atoms with van der Waals surface area (Å²) in [7, 11) is 3.59. The van der Waals surface area contributed by atoms with Crippen LogP contribution >= 0.6 is 12.4 Å². The number of hydrogen-bond donors (Lipinski definition) is 1. The van der Waals surface area contributed by atoms with Crippen LogP contribution in [0.4, 0.5) is 0 Å². The molecule has 1 unspecified atom stereocenters. The van der Waals surface area contributed by atoms with Crippen LogP contribution in [-0.4, -0.2) is 51.2 Å². The number of nitrogens with one attached hydrogen (secondary N) is 1. The van der Waals surface area contributed by atoms with E-state index in [1.165, 1.54) is 12.8 Å². The van der Waals surface area contributed by atoms with Gasteiger partial charge in [0.05, 0.1) is 0 Å². The SMILES string of the molecule is COCCCN(C)C(=O)CC(C)C1CCNCC1.Cl. The van der Waals surface area contributed by atoms with Crippen LogP contribution in [-0.2, 0) is 9.53 Å². The molecule has 19 heavy (non-hydrogen) atoms. The maximum absolute atomic E-state index is 12.1. The molecular weight excluding hydrogens is 264 g/mol. The molecule has 0 saturated carbocycles. The Morgan fingerprint density at radius 3 is 2.63 bits per heavy atom. The number of methoxy groups -OCH3 is 1. The predicted octanol–water partition coefficient (Wildman–Crippen LogP) is 1.93. The van der Waals surface area contributed by atoms with Crippen LogP contribution in [0.1, 0.15) is 32.6 Å². The van der Waals surface area contributed by atoms with Gasteiger partial charge in [-0.2, -0.15) is 0 Å². The summed E-state index contributed by atoms with van der Waals surface area (Å²) < 4.78 is 5.00. The standard InChI is InChI=1S/C14H28N2O2.ClH/c1-12(13-5-7-15-8-6-13)11-14(17)16(2)9-4-10-18-3;/h12-13,15H,4-11H2,1-3H3;1H. The quantitative estimate of drug-likeness (QED) is 0.729. The molecule has 1 rings (SSSR count). The van der Waals surface area contributed by atoms with Gasteiger partial charge in [0, 0.05) is 33.7 Å². The Bertz CT molecular complexity index is 246. The zero-order valence-electron chi connectivity index (χ0n) is 12.5. The molecule has 0 bridgehead atoms. The highest BCUT2D eigenvalue weighted by Gasteiger charge is 2.23. The van der Waals surface area contributed by atoms with E-state index in [9.17, 15) is 4.79 Å². The Kier molecular flexibility index (Phi) is 10.3. The Morgan fingerprint density at radius 2 is 2.05 bits per heavy atom. The number of halogens is 1. The average molecular weight is 293 g/mol. The third-order valence-electron chi connectivity index (χ3n) is 3.95. The smallest absolute Gasteiger partial charge is 0.222 e. The van der Waals surface area contributed by atoms with Gasteiger partial charge in [0.1, 0.15) is 0 Å². The van der Waals surface area contributed by atoms with Crippen LogP contribution in [0, 0.1) is 11.8 Å². The van der Waals surface area contributed by atoms with Crippen molar-refractivity contribution in [2.45, 2.75) is 32.6 Å². The molecule has 0 aliphatic carbocycles. The van der Waals surface area contributed by atoms with Gasteiger partial charge in [-0.15, -0.1) is 12.4 Å². The first-order chi connectivity index (χ1) is 8.65. The fraction of sp³-hybridized carbons (Fsp3) is 0.929. The van der Waals surface area contributed by atoms with Crippen molar-refractivity contribution in [2.75, 3.05) is 40.4 Å². The highest BCUT2D eigenvalue weighted by Crippen LogP contribution is 2.24. The molecule has 5 heteroatoms. The second-order valence-corrected chi connectivity index (χ2v) is 5.43. The Labute approximate surface area is 123 Å². The minimum atomic E-state index is 0. The Hall–Kier alpha value is -0.320. The van der Waals surface area contributed by atoms with Crippen LogP contribution in [0.2, 0.25) is 0 Å². The van der Waals surface area contributed by atoms with E-state index in [1.807, 2.05) is 11.9 Å². The molecule has 114 valence electrons. The molecule has 1 atom stereocenters. The third kappa shape index (κ3) is 7.14. The van der Waals surface area contributed by atoms with Crippen molar-refractivity contribution >= 4 is 18.3 Å². The number of amides is 1. The molecule has 0 radical (unpaired) electrons. The van der Waals surface area contributed by atoms with Gasteiger partial charge in [-0.25, -0.2) is 0 Å². The van der Waals surface area contributed by atoms with Crippen molar-refractivity contribution in [1.82, 2.24) is 10.2 Å². The maximum Gasteiger partial charge on any atom is 0.222 e. The molecular formula is C14H29ClN2O2.